The first-order chi connectivity index (χ1) is 15.5. The van der Waals surface area contributed by atoms with Crippen LogP contribution in [-0.2, 0) is 13.1 Å². The molecule has 166 valence electrons. The Hall–Kier alpha value is -3.51. The predicted octanol–water partition coefficient (Wildman–Crippen LogP) is 4.85. The molecule has 2 N–H and O–H groups in total. The van der Waals surface area contributed by atoms with Crippen LogP contribution in [0.5, 0.6) is 0 Å². The highest BCUT2D eigenvalue weighted by Gasteiger charge is 2.15. The van der Waals surface area contributed by atoms with Crippen molar-refractivity contribution in [1.29, 1.82) is 0 Å². The molecule has 3 aromatic carbocycles. The molecule has 0 bridgehead atoms. The standard InChI is InChI=1S/C26H28FN3O2/c1-3-30(4-2)18-21-10-6-5-9-20(21)17-28-26(32)23-11-7-8-12-24(23)29-25(31)19-13-15-22(27)16-14-19/h5-16H,3-4,17-18H2,1-2H3,(H,28,32)(H,29,31). The van der Waals surface area contributed by atoms with Gasteiger partial charge in [-0.15, -0.1) is 0 Å². The molecule has 5 nitrogen and oxygen atoms in total. The van der Waals surface area contributed by atoms with Crippen molar-refractivity contribution in [2.75, 3.05) is 18.4 Å². The van der Waals surface area contributed by atoms with Gasteiger partial charge in [-0.05, 0) is 60.6 Å². The minimum atomic E-state index is -0.414. The second-order valence-electron chi connectivity index (χ2n) is 7.42. The summed E-state index contributed by atoms with van der Waals surface area (Å²) >= 11 is 0. The van der Waals surface area contributed by atoms with E-state index in [9.17, 15) is 14.0 Å². The summed E-state index contributed by atoms with van der Waals surface area (Å²) in [5, 5.41) is 5.72. The number of hydrogen-bond acceptors (Lipinski definition) is 3. The van der Waals surface area contributed by atoms with E-state index in [4.69, 9.17) is 0 Å². The lowest BCUT2D eigenvalue weighted by molar-refractivity contribution is 0.0951. The fourth-order valence-corrected chi connectivity index (χ4v) is 3.43. The van der Waals surface area contributed by atoms with Crippen molar-refractivity contribution in [3.63, 3.8) is 0 Å². The van der Waals surface area contributed by atoms with Crippen molar-refractivity contribution < 1.29 is 14.0 Å². The molecular formula is C26H28FN3O2. The average molecular weight is 434 g/mol. The molecule has 0 aliphatic carbocycles. The second kappa shape index (κ2) is 11.2. The third kappa shape index (κ3) is 6.02. The summed E-state index contributed by atoms with van der Waals surface area (Å²) in [6.07, 6.45) is 0. The van der Waals surface area contributed by atoms with Crippen molar-refractivity contribution in [1.82, 2.24) is 10.2 Å². The fraction of sp³-hybridized carbons (Fsp3) is 0.231. The lowest BCUT2D eigenvalue weighted by atomic mass is 10.1. The number of benzene rings is 3. The van der Waals surface area contributed by atoms with Gasteiger partial charge >= 0.3 is 0 Å². The van der Waals surface area contributed by atoms with Crippen LogP contribution >= 0.6 is 0 Å². The maximum Gasteiger partial charge on any atom is 0.255 e. The summed E-state index contributed by atoms with van der Waals surface area (Å²) in [7, 11) is 0. The van der Waals surface area contributed by atoms with Crippen molar-refractivity contribution in [3.05, 3.63) is 101 Å². The molecule has 32 heavy (non-hydrogen) atoms. The lowest BCUT2D eigenvalue weighted by Crippen LogP contribution is -2.27. The Morgan fingerprint density at radius 3 is 2.12 bits per heavy atom. The molecule has 0 atom stereocenters. The summed E-state index contributed by atoms with van der Waals surface area (Å²) in [4.78, 5) is 27.8. The molecule has 0 aliphatic rings. The Labute approximate surface area is 188 Å². The smallest absolute Gasteiger partial charge is 0.255 e. The molecule has 6 heteroatoms. The molecule has 0 fully saturated rings. The van der Waals surface area contributed by atoms with Gasteiger partial charge in [0, 0.05) is 18.7 Å². The van der Waals surface area contributed by atoms with E-state index >= 15 is 0 Å². The van der Waals surface area contributed by atoms with E-state index in [2.05, 4.69) is 35.4 Å². The van der Waals surface area contributed by atoms with Crippen molar-refractivity contribution in [2.45, 2.75) is 26.9 Å². The highest BCUT2D eigenvalue weighted by molar-refractivity contribution is 6.08. The zero-order valence-corrected chi connectivity index (χ0v) is 18.4. The predicted molar refractivity (Wildman–Crippen MR) is 125 cm³/mol. The lowest BCUT2D eigenvalue weighted by Gasteiger charge is -2.20. The minimum absolute atomic E-state index is 0.280. The van der Waals surface area contributed by atoms with Gasteiger partial charge in [-0.3, -0.25) is 14.5 Å². The number of para-hydroxylation sites is 1. The van der Waals surface area contributed by atoms with Crippen LogP contribution in [0.3, 0.4) is 0 Å². The molecule has 0 spiro atoms. The monoisotopic (exact) mass is 433 g/mol. The van der Waals surface area contributed by atoms with Crippen LogP contribution in [0.15, 0.2) is 72.8 Å². The van der Waals surface area contributed by atoms with Crippen LogP contribution in [0.1, 0.15) is 45.7 Å². The van der Waals surface area contributed by atoms with E-state index in [1.54, 1.807) is 24.3 Å². The number of carbonyl (C=O) groups is 2. The molecule has 0 aliphatic heterocycles. The van der Waals surface area contributed by atoms with Gasteiger partial charge in [0.1, 0.15) is 5.82 Å². The highest BCUT2D eigenvalue weighted by atomic mass is 19.1. The number of hydrogen-bond donors (Lipinski definition) is 2. The maximum absolute atomic E-state index is 13.1. The number of anilines is 1. The Morgan fingerprint density at radius 2 is 1.44 bits per heavy atom. The van der Waals surface area contributed by atoms with Gasteiger partial charge in [0.2, 0.25) is 0 Å². The topological polar surface area (TPSA) is 61.4 Å². The van der Waals surface area contributed by atoms with E-state index in [-0.39, 0.29) is 5.91 Å². The van der Waals surface area contributed by atoms with E-state index in [0.717, 1.165) is 25.2 Å². The van der Waals surface area contributed by atoms with Gasteiger partial charge in [-0.2, -0.15) is 0 Å². The number of carbonyl (C=O) groups excluding carboxylic acids is 2. The van der Waals surface area contributed by atoms with Gasteiger partial charge < -0.3 is 10.6 Å². The molecule has 0 heterocycles. The second-order valence-corrected chi connectivity index (χ2v) is 7.42. The van der Waals surface area contributed by atoms with Crippen LogP contribution in [-0.4, -0.2) is 29.8 Å². The van der Waals surface area contributed by atoms with Gasteiger partial charge in [0.15, 0.2) is 0 Å². The first-order valence-electron chi connectivity index (χ1n) is 10.7. The maximum atomic E-state index is 13.1. The fourth-order valence-electron chi connectivity index (χ4n) is 3.43. The van der Waals surface area contributed by atoms with Crippen molar-refractivity contribution in [3.8, 4) is 0 Å². The van der Waals surface area contributed by atoms with Gasteiger partial charge in [-0.1, -0.05) is 50.2 Å². The van der Waals surface area contributed by atoms with Crippen LogP contribution in [0.2, 0.25) is 0 Å². The first kappa shape index (κ1) is 23.2. The normalized spacial score (nSPS) is 10.8. The van der Waals surface area contributed by atoms with Crippen LogP contribution in [0.4, 0.5) is 10.1 Å². The summed E-state index contributed by atoms with van der Waals surface area (Å²) in [6, 6.07) is 20.1. The molecule has 0 unspecified atom stereocenters. The van der Waals surface area contributed by atoms with Gasteiger partial charge in [0.05, 0.1) is 11.3 Å². The van der Waals surface area contributed by atoms with Crippen molar-refractivity contribution in [2.24, 2.45) is 0 Å². The van der Waals surface area contributed by atoms with Crippen LogP contribution < -0.4 is 10.6 Å². The zero-order chi connectivity index (χ0) is 22.9. The van der Waals surface area contributed by atoms with Gasteiger partial charge in [0.25, 0.3) is 11.8 Å². The molecule has 2 amide bonds. The summed E-state index contributed by atoms with van der Waals surface area (Å²) in [5.41, 5.74) is 3.31. The largest absolute Gasteiger partial charge is 0.348 e. The Kier molecular flexibility index (Phi) is 8.11. The number of amides is 2. The molecule has 0 saturated carbocycles. The van der Waals surface area contributed by atoms with Crippen molar-refractivity contribution >= 4 is 17.5 Å². The van der Waals surface area contributed by atoms with E-state index in [1.165, 1.54) is 29.8 Å². The number of halogens is 1. The summed E-state index contributed by atoms with van der Waals surface area (Å²) in [6.45, 7) is 7.38. The summed E-state index contributed by atoms with van der Waals surface area (Å²) < 4.78 is 13.1. The highest BCUT2D eigenvalue weighted by Crippen LogP contribution is 2.18. The molecule has 0 aromatic heterocycles. The Morgan fingerprint density at radius 1 is 0.812 bits per heavy atom. The van der Waals surface area contributed by atoms with E-state index in [1.807, 2.05) is 18.2 Å². The zero-order valence-electron chi connectivity index (χ0n) is 18.4. The molecule has 3 aromatic rings. The first-order valence-corrected chi connectivity index (χ1v) is 10.7. The molecular weight excluding hydrogens is 405 g/mol. The van der Waals surface area contributed by atoms with Crippen LogP contribution in [0.25, 0.3) is 0 Å². The third-order valence-electron chi connectivity index (χ3n) is 5.37. The van der Waals surface area contributed by atoms with E-state index in [0.29, 0.717) is 23.4 Å². The van der Waals surface area contributed by atoms with Crippen LogP contribution in [0, 0.1) is 5.82 Å². The summed E-state index contributed by atoms with van der Waals surface area (Å²) in [5.74, 6) is -1.10. The molecule has 3 rings (SSSR count). The minimum Gasteiger partial charge on any atom is -0.348 e. The Bertz CT molecular complexity index is 1060. The number of rotatable bonds is 9. The quantitative estimate of drug-likeness (QED) is 0.507. The van der Waals surface area contributed by atoms with Gasteiger partial charge in [-0.25, -0.2) is 4.39 Å². The molecule has 0 saturated heterocycles. The SMILES string of the molecule is CCN(CC)Cc1ccccc1CNC(=O)c1ccccc1NC(=O)c1ccc(F)cc1. The third-order valence-corrected chi connectivity index (χ3v) is 5.37. The average Bonchev–Trinajstić information content (AvgIpc) is 2.82. The Balaban J connectivity index is 1.71. The molecule has 0 radical (unpaired) electrons. The number of nitrogens with zero attached hydrogens (tertiary/aromatic N) is 1. The number of nitrogens with one attached hydrogen (secondary N) is 2. The van der Waals surface area contributed by atoms with E-state index < -0.39 is 11.7 Å².